The number of rotatable bonds is 3. The van der Waals surface area contributed by atoms with E-state index in [0.717, 1.165) is 51.1 Å². The van der Waals surface area contributed by atoms with Gasteiger partial charge in [0, 0.05) is 71.2 Å². The van der Waals surface area contributed by atoms with Gasteiger partial charge in [0.05, 0.1) is 5.60 Å². The maximum Gasteiger partial charge on any atom is 0.270 e. The van der Waals surface area contributed by atoms with Crippen molar-refractivity contribution >= 4 is 5.91 Å². The van der Waals surface area contributed by atoms with Gasteiger partial charge in [-0.05, 0) is 51.7 Å². The highest BCUT2D eigenvalue weighted by atomic mass is 16.5. The quantitative estimate of drug-likeness (QED) is 0.796. The summed E-state index contributed by atoms with van der Waals surface area (Å²) in [5.41, 5.74) is 0.754. The van der Waals surface area contributed by atoms with Gasteiger partial charge in [-0.15, -0.1) is 0 Å². The molecule has 0 saturated carbocycles. The van der Waals surface area contributed by atoms with Crippen LogP contribution in [0.15, 0.2) is 18.3 Å². The van der Waals surface area contributed by atoms with Crippen molar-refractivity contribution in [3.63, 3.8) is 0 Å². The molecule has 4 rings (SSSR count). The Morgan fingerprint density at radius 2 is 1.86 bits per heavy atom. The highest BCUT2D eigenvalue weighted by Gasteiger charge is 2.43. The summed E-state index contributed by atoms with van der Waals surface area (Å²) in [5.74, 6) is 0.152. The molecule has 1 atom stereocenters. The molecule has 0 aliphatic carbocycles. The molecule has 0 unspecified atom stereocenters. The Labute approximate surface area is 169 Å². The van der Waals surface area contributed by atoms with Gasteiger partial charge in [0.1, 0.15) is 5.69 Å². The van der Waals surface area contributed by atoms with Gasteiger partial charge in [-0.25, -0.2) is 0 Å². The Hall–Kier alpha value is -1.37. The SMILES string of the molecule is CC(C)N1CCN([C@H]2CCOC3(CCN(C(=O)c4cccn4C)CC3)C2)CC1. The summed E-state index contributed by atoms with van der Waals surface area (Å²) in [6, 6.07) is 5.14. The molecule has 1 aromatic heterocycles. The van der Waals surface area contributed by atoms with Crippen LogP contribution in [0.3, 0.4) is 0 Å². The first-order valence-corrected chi connectivity index (χ1v) is 11.0. The van der Waals surface area contributed by atoms with Crippen molar-refractivity contribution in [2.24, 2.45) is 7.05 Å². The Morgan fingerprint density at radius 3 is 2.46 bits per heavy atom. The molecule has 3 fully saturated rings. The Kier molecular flexibility index (Phi) is 5.81. The summed E-state index contributed by atoms with van der Waals surface area (Å²) in [7, 11) is 1.94. The predicted molar refractivity (Wildman–Crippen MR) is 111 cm³/mol. The zero-order valence-electron chi connectivity index (χ0n) is 17.8. The monoisotopic (exact) mass is 388 g/mol. The van der Waals surface area contributed by atoms with Crippen molar-refractivity contribution in [2.45, 2.75) is 57.2 Å². The van der Waals surface area contributed by atoms with Crippen LogP contribution in [0.4, 0.5) is 0 Å². The molecule has 0 bridgehead atoms. The molecule has 0 aromatic carbocycles. The van der Waals surface area contributed by atoms with Gasteiger partial charge in [0.15, 0.2) is 0 Å². The number of carbonyl (C=O) groups is 1. The van der Waals surface area contributed by atoms with E-state index in [1.54, 1.807) is 0 Å². The second kappa shape index (κ2) is 8.17. The van der Waals surface area contributed by atoms with Crippen molar-refractivity contribution in [1.82, 2.24) is 19.3 Å². The number of aromatic nitrogens is 1. The van der Waals surface area contributed by atoms with Gasteiger partial charge >= 0.3 is 0 Å². The average molecular weight is 389 g/mol. The molecule has 6 heteroatoms. The molecule has 3 aliphatic rings. The lowest BCUT2D eigenvalue weighted by Gasteiger charge is -2.50. The molecule has 1 aromatic rings. The number of aryl methyl sites for hydroxylation is 1. The van der Waals surface area contributed by atoms with Gasteiger partial charge < -0.3 is 14.2 Å². The minimum absolute atomic E-state index is 0.0247. The van der Waals surface area contributed by atoms with Crippen LogP contribution in [0.5, 0.6) is 0 Å². The maximum absolute atomic E-state index is 12.8. The standard InChI is InChI=1S/C22H36N4O2/c1-18(2)24-12-14-25(15-13-24)19-6-16-28-22(17-19)7-10-26(11-8-22)21(27)20-5-4-9-23(20)3/h4-5,9,18-19H,6-8,10-17H2,1-3H3/t19-/m0/s1. The minimum Gasteiger partial charge on any atom is -0.375 e. The molecule has 6 nitrogen and oxygen atoms in total. The zero-order valence-corrected chi connectivity index (χ0v) is 17.8. The number of amides is 1. The maximum atomic E-state index is 12.8. The molecule has 0 N–H and O–H groups in total. The van der Waals surface area contributed by atoms with E-state index in [0.29, 0.717) is 12.1 Å². The molecule has 1 spiro atoms. The molecule has 3 aliphatic heterocycles. The first-order valence-electron chi connectivity index (χ1n) is 11.0. The van der Waals surface area contributed by atoms with Crippen LogP contribution in [0.1, 0.15) is 50.0 Å². The third-order valence-electron chi connectivity index (χ3n) is 7.19. The van der Waals surface area contributed by atoms with E-state index in [4.69, 9.17) is 4.74 Å². The third-order valence-corrected chi connectivity index (χ3v) is 7.19. The first kappa shape index (κ1) is 19.9. The topological polar surface area (TPSA) is 41.0 Å². The summed E-state index contributed by atoms with van der Waals surface area (Å²) in [6.45, 7) is 11.8. The fraction of sp³-hybridized carbons (Fsp3) is 0.773. The number of piperazine rings is 1. The number of likely N-dealkylation sites (tertiary alicyclic amines) is 1. The average Bonchev–Trinajstić information content (AvgIpc) is 3.14. The van der Waals surface area contributed by atoms with Crippen molar-refractivity contribution in [1.29, 1.82) is 0 Å². The van der Waals surface area contributed by atoms with Gasteiger partial charge in [-0.2, -0.15) is 0 Å². The first-order chi connectivity index (χ1) is 13.5. The Morgan fingerprint density at radius 1 is 1.14 bits per heavy atom. The van der Waals surface area contributed by atoms with E-state index < -0.39 is 0 Å². The highest BCUT2D eigenvalue weighted by Crippen LogP contribution is 2.37. The smallest absolute Gasteiger partial charge is 0.270 e. The van der Waals surface area contributed by atoms with E-state index in [2.05, 4.69) is 23.6 Å². The number of carbonyl (C=O) groups excluding carboxylic acids is 1. The van der Waals surface area contributed by atoms with Crippen LogP contribution in [0.2, 0.25) is 0 Å². The normalized spacial score (nSPS) is 26.9. The summed E-state index contributed by atoms with van der Waals surface area (Å²) >= 11 is 0. The molecule has 1 amide bonds. The van der Waals surface area contributed by atoms with Crippen molar-refractivity contribution in [3.8, 4) is 0 Å². The molecule has 28 heavy (non-hydrogen) atoms. The number of hydrogen-bond acceptors (Lipinski definition) is 4. The molecule has 0 radical (unpaired) electrons. The summed E-state index contributed by atoms with van der Waals surface area (Å²) < 4.78 is 8.26. The molecule has 156 valence electrons. The van der Waals surface area contributed by atoms with Crippen molar-refractivity contribution < 1.29 is 9.53 Å². The van der Waals surface area contributed by atoms with Crippen LogP contribution >= 0.6 is 0 Å². The van der Waals surface area contributed by atoms with E-state index in [-0.39, 0.29) is 11.5 Å². The summed E-state index contributed by atoms with van der Waals surface area (Å²) in [5, 5.41) is 0. The van der Waals surface area contributed by atoms with Crippen molar-refractivity contribution in [3.05, 3.63) is 24.0 Å². The number of ether oxygens (including phenoxy) is 1. The highest BCUT2D eigenvalue weighted by molar-refractivity contribution is 5.92. The van der Waals surface area contributed by atoms with E-state index >= 15 is 0 Å². The lowest BCUT2D eigenvalue weighted by molar-refractivity contribution is -0.132. The van der Waals surface area contributed by atoms with Crippen LogP contribution in [-0.2, 0) is 11.8 Å². The van der Waals surface area contributed by atoms with Gasteiger partial charge in [-0.3, -0.25) is 14.6 Å². The van der Waals surface area contributed by atoms with Crippen LogP contribution in [0, 0.1) is 0 Å². The van der Waals surface area contributed by atoms with Crippen LogP contribution < -0.4 is 0 Å². The van der Waals surface area contributed by atoms with Gasteiger partial charge in [0.25, 0.3) is 5.91 Å². The largest absolute Gasteiger partial charge is 0.375 e. The number of piperidine rings is 1. The second-order valence-electron chi connectivity index (χ2n) is 9.14. The lowest BCUT2D eigenvalue weighted by atomic mass is 9.81. The second-order valence-corrected chi connectivity index (χ2v) is 9.14. The number of hydrogen-bond donors (Lipinski definition) is 0. The molecule has 4 heterocycles. The van der Waals surface area contributed by atoms with Crippen molar-refractivity contribution in [2.75, 3.05) is 45.9 Å². The molecule has 3 saturated heterocycles. The fourth-order valence-corrected chi connectivity index (χ4v) is 5.24. The van der Waals surface area contributed by atoms with Gasteiger partial charge in [-0.1, -0.05) is 0 Å². The number of nitrogens with zero attached hydrogens (tertiary/aromatic N) is 4. The third kappa shape index (κ3) is 4.00. The van der Waals surface area contributed by atoms with Crippen LogP contribution in [0.25, 0.3) is 0 Å². The Bertz CT molecular complexity index is 670. The fourth-order valence-electron chi connectivity index (χ4n) is 5.24. The predicted octanol–water partition coefficient (Wildman–Crippen LogP) is 2.20. The molecular weight excluding hydrogens is 352 g/mol. The summed E-state index contributed by atoms with van der Waals surface area (Å²) in [4.78, 5) is 20.1. The molecular formula is C22H36N4O2. The van der Waals surface area contributed by atoms with Gasteiger partial charge in [0.2, 0.25) is 0 Å². The van der Waals surface area contributed by atoms with E-state index in [1.807, 2.05) is 34.8 Å². The summed E-state index contributed by atoms with van der Waals surface area (Å²) in [6.07, 6.45) is 6.14. The Balaban J connectivity index is 1.33. The van der Waals surface area contributed by atoms with Crippen LogP contribution in [-0.4, -0.2) is 88.7 Å². The van der Waals surface area contributed by atoms with E-state index in [1.165, 1.54) is 26.2 Å². The lowest BCUT2D eigenvalue weighted by Crippen LogP contribution is -2.58. The zero-order chi connectivity index (χ0) is 19.7. The van der Waals surface area contributed by atoms with E-state index in [9.17, 15) is 4.79 Å². The minimum atomic E-state index is -0.0247.